The second-order valence-corrected chi connectivity index (χ2v) is 34.3. The van der Waals surface area contributed by atoms with Crippen molar-refractivity contribution in [2.24, 2.45) is 23.7 Å². The van der Waals surface area contributed by atoms with Crippen LogP contribution in [0.2, 0.25) is 0 Å². The Labute approximate surface area is 499 Å². The predicted molar refractivity (Wildman–Crippen MR) is 332 cm³/mol. The van der Waals surface area contributed by atoms with Gasteiger partial charge in [-0.05, 0) is 86.7 Å². The standard InChI is InChI=1S/C67H125N2O12P/c1-14-56-67(10,76)60(72)49(6)69(57(70)39-31-20-18-16-15-17-19-21-32-40-82(51-33-25-22-26-34-51,52-35-27-23-28-36-52)53-37-29-24-30-38-53)44-45(2)42-65(8,75)62(81-64-59(71)54(68(11)12)41-46(3)78-64)47(4)58(48(5)63(74)80-56)55-43-66(9,77-13)61(73)50(7)79-55/h45-56,58-62,64,71-73,75-76,82H,14-44H2,1-13H3/t45-,46-,47+,48-,49-,50+,54+,55?,56-,58+,59-,60-,61+,62-,64+,65-,66-,67-/m1/s1. The fourth-order valence-electron chi connectivity index (χ4n) is 18.0. The molecular formula is C67H125N2O12P. The number of esters is 1. The number of aliphatic hydroxyl groups is 5. The van der Waals surface area contributed by atoms with E-state index in [9.17, 15) is 35.1 Å². The van der Waals surface area contributed by atoms with Gasteiger partial charge in [0.15, 0.2) is 6.29 Å². The minimum atomic E-state index is -1.96. The number of carbonyl (C=O) groups is 2. The van der Waals surface area contributed by atoms with Crippen LogP contribution >= 0.6 is 7.26 Å². The summed E-state index contributed by atoms with van der Waals surface area (Å²) in [4.78, 5) is 33.1. The third-order valence-corrected chi connectivity index (χ3v) is 30.2. The van der Waals surface area contributed by atoms with E-state index >= 15 is 0 Å². The Bertz CT molecular complexity index is 1850. The van der Waals surface area contributed by atoms with E-state index in [0.29, 0.717) is 12.8 Å². The first-order valence-electron chi connectivity index (χ1n) is 34.0. The van der Waals surface area contributed by atoms with Gasteiger partial charge in [0.2, 0.25) is 0 Å². The second kappa shape index (κ2) is 31.9. The van der Waals surface area contributed by atoms with E-state index < -0.39 is 103 Å². The van der Waals surface area contributed by atoms with Crippen LogP contribution in [0.25, 0.3) is 0 Å². The number of rotatable bonds is 21. The molecule has 1 amide bonds. The largest absolute Gasteiger partial charge is 0.388 e. The molecule has 6 fully saturated rings. The molecular weight excluding hydrogens is 1060 g/mol. The number of hydrogen-bond acceptors (Lipinski definition) is 13. The van der Waals surface area contributed by atoms with E-state index in [1.165, 1.54) is 96.8 Å². The number of carbonyl (C=O) groups excluding carboxylic acids is 2. The van der Waals surface area contributed by atoms with E-state index in [4.69, 9.17) is 23.7 Å². The van der Waals surface area contributed by atoms with Crippen molar-refractivity contribution in [3.8, 4) is 0 Å². The molecule has 6 aliphatic rings. The van der Waals surface area contributed by atoms with Crippen molar-refractivity contribution in [3.05, 3.63) is 0 Å². The SMILES string of the molecule is CC[C@H]1OC(=O)[C@H](C)[C@@H](C2C[C@@](C)(OC)[C@@H](O)[C@H](C)O2)[C@H](C)[C@@H](O[C@@H]2O[C@H](C)C[C@H](N(C)C)[C@H]2O)[C@](C)(O)C[C@@H](C)CN(C(=O)CCCCCCCCCCC[PH](C2CCCCC2)(C2CCCCC2)C2CCCCC2)[C@H](C)[C@@H](O)[C@]1(C)O. The molecule has 82 heavy (non-hydrogen) atoms. The molecule has 15 heteroatoms. The van der Waals surface area contributed by atoms with Crippen LogP contribution in [0.4, 0.5) is 0 Å². The van der Waals surface area contributed by atoms with Crippen molar-refractivity contribution in [3.63, 3.8) is 0 Å². The fraction of sp³-hybridized carbons (Fsp3) is 0.970. The van der Waals surface area contributed by atoms with Gasteiger partial charge >= 0.3 is 203 Å². The smallest absolute Gasteiger partial charge is 0.126 e. The normalized spacial score (nSPS) is 40.1. The zero-order chi connectivity index (χ0) is 60.2. The van der Waals surface area contributed by atoms with Gasteiger partial charge in [0.1, 0.15) is 30.0 Å². The summed E-state index contributed by atoms with van der Waals surface area (Å²) in [6.45, 7) is 18.1. The van der Waals surface area contributed by atoms with Crippen LogP contribution in [0.3, 0.4) is 0 Å². The fourth-order valence-corrected chi connectivity index (χ4v) is 26.5. The molecule has 0 radical (unpaired) electrons. The summed E-state index contributed by atoms with van der Waals surface area (Å²) in [5.74, 6) is -3.50. The topological polar surface area (TPSA) is 188 Å². The quantitative estimate of drug-likeness (QED) is 0.0415. The Morgan fingerprint density at radius 1 is 0.720 bits per heavy atom. The minimum Gasteiger partial charge on any atom is -0.388 e. The van der Waals surface area contributed by atoms with Crippen molar-refractivity contribution >= 4 is 19.1 Å². The Morgan fingerprint density at radius 3 is 1.73 bits per heavy atom. The zero-order valence-corrected chi connectivity index (χ0v) is 55.3. The van der Waals surface area contributed by atoms with Gasteiger partial charge in [-0.15, -0.1) is 0 Å². The first-order chi connectivity index (χ1) is 38.8. The third kappa shape index (κ3) is 17.2. The molecule has 6 rings (SSSR count). The molecule has 3 aliphatic heterocycles. The number of nitrogens with zero attached hydrogens (tertiary/aromatic N) is 2. The van der Waals surface area contributed by atoms with Crippen molar-refractivity contribution in [2.75, 3.05) is 33.9 Å². The molecule has 18 atom stereocenters. The van der Waals surface area contributed by atoms with Crippen molar-refractivity contribution < 1.29 is 58.8 Å². The van der Waals surface area contributed by atoms with E-state index in [2.05, 4.69) is 0 Å². The van der Waals surface area contributed by atoms with Gasteiger partial charge in [-0.2, -0.15) is 0 Å². The Morgan fingerprint density at radius 2 is 1.23 bits per heavy atom. The molecule has 0 aromatic rings. The Balaban J connectivity index is 1.14. The molecule has 5 N–H and O–H groups in total. The number of amides is 1. The van der Waals surface area contributed by atoms with E-state index in [1.807, 2.05) is 46.7 Å². The van der Waals surface area contributed by atoms with Gasteiger partial charge < -0.3 is 59.0 Å². The third-order valence-electron chi connectivity index (χ3n) is 22.7. The van der Waals surface area contributed by atoms with Crippen LogP contribution in [0, 0.1) is 23.7 Å². The number of cyclic esters (lactones) is 1. The molecule has 0 spiro atoms. The minimum absolute atomic E-state index is 0.129. The molecule has 3 aliphatic carbocycles. The molecule has 3 heterocycles. The van der Waals surface area contributed by atoms with Crippen LogP contribution in [0.5, 0.6) is 0 Å². The van der Waals surface area contributed by atoms with Gasteiger partial charge in [-0.25, -0.2) is 0 Å². The average Bonchev–Trinajstić information content (AvgIpc) is 2.38. The van der Waals surface area contributed by atoms with E-state index in [0.717, 1.165) is 36.2 Å². The van der Waals surface area contributed by atoms with Crippen molar-refractivity contribution in [1.29, 1.82) is 0 Å². The number of methoxy groups -OCH3 is 1. The summed E-state index contributed by atoms with van der Waals surface area (Å²) in [7, 11) is 3.94. The summed E-state index contributed by atoms with van der Waals surface area (Å²) >= 11 is 0. The first-order valence-corrected chi connectivity index (χ1v) is 36.4. The summed E-state index contributed by atoms with van der Waals surface area (Å²) in [5, 5.41) is 61.0. The van der Waals surface area contributed by atoms with Crippen LogP contribution in [-0.2, 0) is 33.3 Å². The molecule has 0 aromatic carbocycles. The molecule has 14 nitrogen and oxygen atoms in total. The van der Waals surface area contributed by atoms with Gasteiger partial charge in [0.05, 0.1) is 47.6 Å². The van der Waals surface area contributed by atoms with E-state index in [1.54, 1.807) is 91.3 Å². The average molecular weight is 1180 g/mol. The zero-order valence-electron chi connectivity index (χ0n) is 54.3. The summed E-state index contributed by atoms with van der Waals surface area (Å²) in [6, 6.07) is -1.18. The molecule has 480 valence electrons. The Hall–Kier alpha value is -1.03. The Kier molecular flexibility index (Phi) is 27.3. The number of hydrogen-bond donors (Lipinski definition) is 5. The summed E-state index contributed by atoms with van der Waals surface area (Å²) in [5.41, 5.74) is -1.38. The molecule has 0 bridgehead atoms. The van der Waals surface area contributed by atoms with Crippen molar-refractivity contribution in [1.82, 2.24) is 9.80 Å². The molecule has 3 saturated heterocycles. The number of aliphatic hydroxyl groups excluding tert-OH is 3. The van der Waals surface area contributed by atoms with Gasteiger partial charge in [-0.1, -0.05) is 27.7 Å². The van der Waals surface area contributed by atoms with Gasteiger partial charge in [0.25, 0.3) is 0 Å². The maximum absolute atomic E-state index is 14.8. The van der Waals surface area contributed by atoms with Gasteiger partial charge in [-0.3, -0.25) is 9.59 Å². The maximum Gasteiger partial charge on any atom is 0.126 e. The summed E-state index contributed by atoms with van der Waals surface area (Å²) < 4.78 is 32.2. The van der Waals surface area contributed by atoms with Crippen molar-refractivity contribution in [2.45, 2.75) is 356 Å². The number of likely N-dealkylation sites (N-methyl/N-ethyl adjacent to an activating group) is 1. The van der Waals surface area contributed by atoms with Crippen LogP contribution < -0.4 is 0 Å². The predicted octanol–water partition coefficient (Wildman–Crippen LogP) is 11.7. The molecule has 1 unspecified atom stereocenters. The van der Waals surface area contributed by atoms with Gasteiger partial charge in [0, 0.05) is 32.0 Å². The van der Waals surface area contributed by atoms with Crippen LogP contribution in [0.1, 0.15) is 255 Å². The first kappa shape index (κ1) is 70.1. The molecule has 0 aromatic heterocycles. The molecule has 3 saturated carbocycles. The van der Waals surface area contributed by atoms with Crippen LogP contribution in [0.15, 0.2) is 0 Å². The summed E-state index contributed by atoms with van der Waals surface area (Å²) in [6.07, 6.45) is 27.5. The number of unbranched alkanes of at least 4 members (excludes halogenated alkanes) is 8. The maximum atomic E-state index is 14.8. The monoisotopic (exact) mass is 1180 g/mol. The number of ether oxygens (including phenoxy) is 5. The van der Waals surface area contributed by atoms with E-state index in [-0.39, 0.29) is 56.2 Å². The second-order valence-electron chi connectivity index (χ2n) is 29.2. The van der Waals surface area contributed by atoms with Crippen LogP contribution in [-0.4, -0.2) is 182 Å².